The second-order valence-corrected chi connectivity index (χ2v) is 7.25. The number of carbonyl (C=O) groups is 1. The number of ether oxygens (including phenoxy) is 3. The Hall–Kier alpha value is -1.42. The molecule has 0 radical (unpaired) electrons. The topological polar surface area (TPSA) is 193 Å². The average Bonchev–Trinajstić information content (AvgIpc) is 2.69. The van der Waals surface area contributed by atoms with Gasteiger partial charge in [-0.3, -0.25) is 4.79 Å². The molecule has 0 saturated carbocycles. The van der Waals surface area contributed by atoms with Gasteiger partial charge in [-0.05, 0) is 0 Å². The highest BCUT2D eigenvalue weighted by Crippen LogP contribution is 2.28. The molecule has 8 N–H and O–H groups in total. The van der Waals surface area contributed by atoms with Crippen molar-refractivity contribution in [2.45, 2.75) is 75.1 Å². The molecule has 0 aromatic carbocycles. The number of aliphatic hydroxyl groups excluding tert-OH is 5. The number of carbonyl (C=O) groups excluding carboxylic acids is 1. The Bertz CT molecular complexity index is 622. The van der Waals surface area contributed by atoms with Crippen LogP contribution in [0.15, 0.2) is 0 Å². The Labute approximate surface area is 166 Å². The molecule has 0 unspecified atom stereocenters. The molecular weight excluding hydrogens is 394 g/mol. The van der Waals surface area contributed by atoms with Crippen molar-refractivity contribution < 1.29 is 54.4 Å². The van der Waals surface area contributed by atoms with Gasteiger partial charge in [0.05, 0.1) is 20.1 Å². The average molecular weight is 422 g/mol. The van der Waals surface area contributed by atoms with Gasteiger partial charge in [-0.1, -0.05) is 0 Å². The van der Waals surface area contributed by atoms with Gasteiger partial charge >= 0.3 is 5.90 Å². The molecule has 10 atom stereocenters. The van der Waals surface area contributed by atoms with E-state index in [1.807, 2.05) is 0 Å². The van der Waals surface area contributed by atoms with E-state index in [-0.39, 0.29) is 0 Å². The molecule has 1 amide bonds. The first kappa shape index (κ1) is 22.3. The van der Waals surface area contributed by atoms with Gasteiger partial charge in [0, 0.05) is 6.92 Å². The molecular formula is C16H28N3O10+. The number of hydrogen-bond donors (Lipinski definition) is 8. The largest absolute Gasteiger partial charge is 0.394 e. The molecule has 13 heteroatoms. The van der Waals surface area contributed by atoms with E-state index >= 15 is 0 Å². The van der Waals surface area contributed by atoms with Crippen molar-refractivity contribution in [2.24, 2.45) is 0 Å². The maximum absolute atomic E-state index is 11.5. The third kappa shape index (κ3) is 4.52. The number of hydrogen-bond acceptors (Lipinski definition) is 11. The summed E-state index contributed by atoms with van der Waals surface area (Å²) in [6.07, 6.45) is -9.62. The molecule has 2 saturated heterocycles. The zero-order valence-corrected chi connectivity index (χ0v) is 16.0. The number of fused-ring (bicyclic) bond motifs is 1. The first-order chi connectivity index (χ1) is 13.8. The lowest BCUT2D eigenvalue weighted by Gasteiger charge is -2.46. The van der Waals surface area contributed by atoms with Crippen molar-refractivity contribution in [1.29, 1.82) is 0 Å². The van der Waals surface area contributed by atoms with Crippen molar-refractivity contribution in [3.05, 3.63) is 0 Å². The lowest BCUT2D eigenvalue weighted by molar-refractivity contribution is -0.573. The highest BCUT2D eigenvalue weighted by atomic mass is 16.7. The summed E-state index contributed by atoms with van der Waals surface area (Å²) in [6.45, 7) is 1.72. The van der Waals surface area contributed by atoms with Gasteiger partial charge in [0.2, 0.25) is 18.2 Å². The van der Waals surface area contributed by atoms with Gasteiger partial charge < -0.3 is 49.9 Å². The fourth-order valence-corrected chi connectivity index (χ4v) is 3.68. The predicted molar refractivity (Wildman–Crippen MR) is 91.6 cm³/mol. The predicted octanol–water partition coefficient (Wildman–Crippen LogP) is -6.20. The Kier molecular flexibility index (Phi) is 7.03. The van der Waals surface area contributed by atoms with E-state index in [1.165, 1.54) is 6.92 Å². The van der Waals surface area contributed by atoms with E-state index in [0.29, 0.717) is 5.90 Å². The van der Waals surface area contributed by atoms with E-state index in [0.717, 1.165) is 0 Å². The second kappa shape index (κ2) is 9.16. The number of hydroxylamine groups is 1. The minimum absolute atomic E-state index is 0.388. The van der Waals surface area contributed by atoms with Crippen LogP contribution in [0.4, 0.5) is 0 Å². The van der Waals surface area contributed by atoms with Crippen LogP contribution in [0, 0.1) is 0 Å². The highest BCUT2D eigenvalue weighted by Gasteiger charge is 2.54. The van der Waals surface area contributed by atoms with Crippen LogP contribution in [0.1, 0.15) is 13.8 Å². The summed E-state index contributed by atoms with van der Waals surface area (Å²) in [7, 11) is 0. The summed E-state index contributed by atoms with van der Waals surface area (Å²) in [6, 6.07) is -1.88. The molecule has 3 aliphatic rings. The molecule has 0 aromatic heterocycles. The molecule has 3 heterocycles. The van der Waals surface area contributed by atoms with Crippen molar-refractivity contribution in [3.8, 4) is 0 Å². The van der Waals surface area contributed by atoms with Gasteiger partial charge in [-0.15, -0.1) is 5.48 Å². The molecule has 3 aliphatic heterocycles. The number of rotatable bonds is 5. The summed E-state index contributed by atoms with van der Waals surface area (Å²) < 4.78 is 17.0. The van der Waals surface area contributed by atoms with Gasteiger partial charge in [-0.25, -0.2) is 4.99 Å². The minimum Gasteiger partial charge on any atom is -0.394 e. The van der Waals surface area contributed by atoms with E-state index in [1.54, 1.807) is 6.92 Å². The molecule has 166 valence electrons. The minimum atomic E-state index is -1.50. The number of amides is 1. The van der Waals surface area contributed by atoms with E-state index in [9.17, 15) is 30.3 Å². The van der Waals surface area contributed by atoms with Crippen molar-refractivity contribution >= 4 is 11.8 Å². The third-order valence-corrected chi connectivity index (χ3v) is 5.14. The normalized spacial score (nSPS) is 45.0. The van der Waals surface area contributed by atoms with Crippen LogP contribution in [-0.2, 0) is 23.8 Å². The molecule has 3 rings (SSSR count). The van der Waals surface area contributed by atoms with Gasteiger partial charge in [0.25, 0.3) is 0 Å². The van der Waals surface area contributed by atoms with Crippen LogP contribution in [0.5, 0.6) is 0 Å². The van der Waals surface area contributed by atoms with Gasteiger partial charge in [-0.2, -0.15) is 0 Å². The van der Waals surface area contributed by atoms with Crippen LogP contribution in [0.3, 0.4) is 0 Å². The summed E-state index contributed by atoms with van der Waals surface area (Å²) in [5.41, 5.74) is 2.61. The molecule has 0 spiro atoms. The Morgan fingerprint density at radius 2 is 1.83 bits per heavy atom. The second-order valence-electron chi connectivity index (χ2n) is 7.25. The summed E-state index contributed by atoms with van der Waals surface area (Å²) in [5.74, 6) is -0.125. The van der Waals surface area contributed by atoms with Gasteiger partial charge in [0.15, 0.2) is 6.29 Å². The molecule has 0 aliphatic carbocycles. The van der Waals surface area contributed by atoms with E-state index < -0.39 is 80.3 Å². The summed E-state index contributed by atoms with van der Waals surface area (Å²) >= 11 is 0. The molecule has 2 fully saturated rings. The number of nitrogens with one attached hydrogen (secondary N) is 3. The Morgan fingerprint density at radius 3 is 2.45 bits per heavy atom. The quantitative estimate of drug-likeness (QED) is 0.210. The van der Waals surface area contributed by atoms with Crippen LogP contribution < -0.4 is 15.8 Å². The molecule has 0 aromatic rings. The van der Waals surface area contributed by atoms with E-state index in [2.05, 4.69) is 15.8 Å². The molecule has 29 heavy (non-hydrogen) atoms. The molecule has 0 bridgehead atoms. The zero-order chi connectivity index (χ0) is 21.3. The van der Waals surface area contributed by atoms with Crippen LogP contribution in [-0.4, -0.2) is 112 Å². The van der Waals surface area contributed by atoms with E-state index in [4.69, 9.17) is 19.0 Å². The first-order valence-electron chi connectivity index (χ1n) is 9.28. The van der Waals surface area contributed by atoms with Crippen LogP contribution >= 0.6 is 0 Å². The monoisotopic (exact) mass is 422 g/mol. The van der Waals surface area contributed by atoms with Crippen LogP contribution in [0.25, 0.3) is 0 Å². The third-order valence-electron chi connectivity index (χ3n) is 5.14. The smallest absolute Gasteiger partial charge is 0.350 e. The highest BCUT2D eigenvalue weighted by molar-refractivity contribution is 5.73. The van der Waals surface area contributed by atoms with Crippen molar-refractivity contribution in [1.82, 2.24) is 10.8 Å². The van der Waals surface area contributed by atoms with Crippen molar-refractivity contribution in [3.63, 3.8) is 0 Å². The lowest BCUT2D eigenvalue weighted by Crippen LogP contribution is -2.93. The Morgan fingerprint density at radius 1 is 1.14 bits per heavy atom. The summed E-state index contributed by atoms with van der Waals surface area (Å²) in [5, 5.41) is 52.9. The van der Waals surface area contributed by atoms with Crippen molar-refractivity contribution in [2.75, 3.05) is 13.2 Å². The standard InChI is InChI=1S/C16H27N3O10/c1-5(22)17-10-12(24)11(23)7(3-20)27-16(10)28-14-8(4-21)26-15-9(13(14)25)18-6(2)29-19-15/h7-16,19-21,23-25H,3-4H2,1-2H3,(H,17,22)/p+1/t7-,8-,9-,10-,11-,12-,13-,14-,15-,16+/m1/s1. The fraction of sp³-hybridized carbons (Fsp3) is 0.875. The van der Waals surface area contributed by atoms with Gasteiger partial charge in [0.1, 0.15) is 42.7 Å². The maximum Gasteiger partial charge on any atom is 0.350 e. The Balaban J connectivity index is 1.83. The number of aliphatic hydroxyl groups is 5. The maximum atomic E-state index is 11.5. The lowest BCUT2D eigenvalue weighted by atomic mass is 9.94. The summed E-state index contributed by atoms with van der Waals surface area (Å²) in [4.78, 5) is 19.6. The van der Waals surface area contributed by atoms with Crippen LogP contribution in [0.2, 0.25) is 0 Å². The molecule has 13 nitrogen and oxygen atoms in total. The SMILES string of the molecule is CC(=O)N[C@H]1[C@H](O[C@H]2[C@H](O)[C@H]3[NH+]=C(C)ON[C@@H]3O[C@@H]2CO)O[C@H](CO)[C@@H](O)[C@@H]1O. The first-order valence-corrected chi connectivity index (χ1v) is 9.28. The zero-order valence-electron chi connectivity index (χ0n) is 16.0. The fourth-order valence-electron chi connectivity index (χ4n) is 3.68.